The Hall–Kier alpha value is -2.63. The molecule has 0 saturated heterocycles. The zero-order chi connectivity index (χ0) is 13.1. The molecule has 2 aromatic heterocycles. The van der Waals surface area contributed by atoms with E-state index in [1.807, 2.05) is 43.6 Å². The number of aromatic amines is 1. The molecule has 6 nitrogen and oxygen atoms in total. The van der Waals surface area contributed by atoms with Gasteiger partial charge in [0.2, 0.25) is 0 Å². The number of anilines is 1. The van der Waals surface area contributed by atoms with Crippen molar-refractivity contribution in [2.75, 3.05) is 5.32 Å². The third-order valence-electron chi connectivity index (χ3n) is 2.98. The number of nitrogens with zero attached hydrogens (tertiary/aromatic N) is 4. The minimum absolute atomic E-state index is 0.716. The molecule has 0 spiro atoms. The fraction of sp³-hybridized carbons (Fsp3) is 0.154. The number of H-pyrrole nitrogens is 1. The minimum atomic E-state index is 0.716. The van der Waals surface area contributed by atoms with Crippen LogP contribution in [0.2, 0.25) is 0 Å². The quantitative estimate of drug-likeness (QED) is 0.746. The molecular weight excluding hydrogens is 240 g/mol. The van der Waals surface area contributed by atoms with E-state index in [2.05, 4.69) is 25.8 Å². The lowest BCUT2D eigenvalue weighted by atomic mass is 10.2. The van der Waals surface area contributed by atoms with Crippen molar-refractivity contribution in [3.8, 4) is 5.69 Å². The SMILES string of the molecule is Cc1[nH]ncc1CNc1ccccc1-n1ccnn1. The van der Waals surface area contributed by atoms with E-state index in [4.69, 9.17) is 0 Å². The fourth-order valence-corrected chi connectivity index (χ4v) is 1.90. The van der Waals surface area contributed by atoms with Gasteiger partial charge in [-0.05, 0) is 19.1 Å². The lowest BCUT2D eigenvalue weighted by Gasteiger charge is -2.11. The van der Waals surface area contributed by atoms with E-state index in [1.54, 1.807) is 10.9 Å². The van der Waals surface area contributed by atoms with Crippen molar-refractivity contribution in [1.82, 2.24) is 25.2 Å². The predicted molar refractivity (Wildman–Crippen MR) is 72.0 cm³/mol. The molecule has 0 amide bonds. The molecule has 0 unspecified atom stereocenters. The molecule has 3 rings (SSSR count). The van der Waals surface area contributed by atoms with E-state index in [-0.39, 0.29) is 0 Å². The molecule has 1 aromatic carbocycles. The van der Waals surface area contributed by atoms with Crippen LogP contribution in [0, 0.1) is 6.92 Å². The van der Waals surface area contributed by atoms with E-state index < -0.39 is 0 Å². The molecule has 0 bridgehead atoms. The molecule has 19 heavy (non-hydrogen) atoms. The molecule has 0 saturated carbocycles. The highest BCUT2D eigenvalue weighted by molar-refractivity contribution is 5.60. The first kappa shape index (κ1) is 11.5. The van der Waals surface area contributed by atoms with E-state index >= 15 is 0 Å². The topological polar surface area (TPSA) is 71.4 Å². The maximum Gasteiger partial charge on any atom is 0.0894 e. The van der Waals surface area contributed by atoms with Crippen molar-refractivity contribution < 1.29 is 0 Å². The zero-order valence-corrected chi connectivity index (χ0v) is 10.5. The summed E-state index contributed by atoms with van der Waals surface area (Å²) in [6.45, 7) is 2.72. The Morgan fingerprint density at radius 3 is 2.95 bits per heavy atom. The summed E-state index contributed by atoms with van der Waals surface area (Å²) in [6, 6.07) is 7.99. The van der Waals surface area contributed by atoms with Gasteiger partial charge in [0.25, 0.3) is 0 Å². The van der Waals surface area contributed by atoms with E-state index in [1.165, 1.54) is 0 Å². The van der Waals surface area contributed by atoms with Gasteiger partial charge in [-0.3, -0.25) is 5.10 Å². The second-order valence-corrected chi connectivity index (χ2v) is 4.24. The first-order valence-electron chi connectivity index (χ1n) is 6.03. The van der Waals surface area contributed by atoms with Gasteiger partial charge in [-0.15, -0.1) is 5.10 Å². The summed E-state index contributed by atoms with van der Waals surface area (Å²) in [5.74, 6) is 0. The number of nitrogens with one attached hydrogen (secondary N) is 2. The van der Waals surface area contributed by atoms with Crippen molar-refractivity contribution in [1.29, 1.82) is 0 Å². The van der Waals surface area contributed by atoms with Crippen LogP contribution in [0.25, 0.3) is 5.69 Å². The average molecular weight is 254 g/mol. The van der Waals surface area contributed by atoms with Gasteiger partial charge in [-0.1, -0.05) is 17.3 Å². The minimum Gasteiger partial charge on any atom is -0.379 e. The molecule has 0 fully saturated rings. The number of aryl methyl sites for hydroxylation is 1. The molecule has 0 aliphatic rings. The van der Waals surface area contributed by atoms with E-state index in [9.17, 15) is 0 Å². The van der Waals surface area contributed by atoms with Gasteiger partial charge in [0.15, 0.2) is 0 Å². The molecule has 0 radical (unpaired) electrons. The molecule has 0 aliphatic carbocycles. The second kappa shape index (κ2) is 4.93. The summed E-state index contributed by atoms with van der Waals surface area (Å²) in [6.07, 6.45) is 5.32. The number of hydrogen-bond donors (Lipinski definition) is 2. The maximum absolute atomic E-state index is 4.02. The Kier molecular flexibility index (Phi) is 2.97. The van der Waals surface area contributed by atoms with Gasteiger partial charge in [0, 0.05) is 17.8 Å². The summed E-state index contributed by atoms with van der Waals surface area (Å²) in [5.41, 5.74) is 4.20. The Bertz CT molecular complexity index is 655. The fourth-order valence-electron chi connectivity index (χ4n) is 1.90. The molecule has 6 heteroatoms. The molecule has 0 aliphatic heterocycles. The van der Waals surface area contributed by atoms with Gasteiger partial charge in [-0.2, -0.15) is 5.10 Å². The van der Waals surface area contributed by atoms with Crippen LogP contribution in [-0.2, 0) is 6.54 Å². The van der Waals surface area contributed by atoms with Crippen LogP contribution in [0.3, 0.4) is 0 Å². The molecule has 2 N–H and O–H groups in total. The third kappa shape index (κ3) is 2.33. The van der Waals surface area contributed by atoms with Crippen LogP contribution in [0.5, 0.6) is 0 Å². The Morgan fingerprint density at radius 2 is 2.21 bits per heavy atom. The van der Waals surface area contributed by atoms with Gasteiger partial charge in [0.1, 0.15) is 0 Å². The van der Waals surface area contributed by atoms with Crippen molar-refractivity contribution in [3.05, 3.63) is 54.1 Å². The number of aromatic nitrogens is 5. The number of para-hydroxylation sites is 2. The highest BCUT2D eigenvalue weighted by Gasteiger charge is 2.05. The third-order valence-corrected chi connectivity index (χ3v) is 2.98. The Labute approximate surface area is 110 Å². The number of benzene rings is 1. The van der Waals surface area contributed by atoms with Gasteiger partial charge < -0.3 is 5.32 Å². The lowest BCUT2D eigenvalue weighted by molar-refractivity contribution is 0.803. The summed E-state index contributed by atoms with van der Waals surface area (Å²) in [5, 5.41) is 18.2. The second-order valence-electron chi connectivity index (χ2n) is 4.24. The first-order valence-corrected chi connectivity index (χ1v) is 6.03. The summed E-state index contributed by atoms with van der Waals surface area (Å²) < 4.78 is 1.74. The van der Waals surface area contributed by atoms with Gasteiger partial charge in [-0.25, -0.2) is 4.68 Å². The smallest absolute Gasteiger partial charge is 0.0894 e. The normalized spacial score (nSPS) is 10.6. The molecule has 96 valence electrons. The van der Waals surface area contributed by atoms with Crippen molar-refractivity contribution in [3.63, 3.8) is 0 Å². The van der Waals surface area contributed by atoms with Crippen molar-refractivity contribution in [2.24, 2.45) is 0 Å². The van der Waals surface area contributed by atoms with Crippen LogP contribution in [0.4, 0.5) is 5.69 Å². The highest BCUT2D eigenvalue weighted by Crippen LogP contribution is 2.19. The van der Waals surface area contributed by atoms with Crippen LogP contribution in [0.1, 0.15) is 11.3 Å². The Morgan fingerprint density at radius 1 is 1.32 bits per heavy atom. The van der Waals surface area contributed by atoms with Gasteiger partial charge >= 0.3 is 0 Å². The maximum atomic E-state index is 4.02. The molecular formula is C13H14N6. The van der Waals surface area contributed by atoms with Crippen molar-refractivity contribution in [2.45, 2.75) is 13.5 Å². The summed E-state index contributed by atoms with van der Waals surface area (Å²) >= 11 is 0. The molecule has 3 aromatic rings. The molecule has 0 atom stereocenters. The molecule has 2 heterocycles. The summed E-state index contributed by atoms with van der Waals surface area (Å²) in [4.78, 5) is 0. The monoisotopic (exact) mass is 254 g/mol. The predicted octanol–water partition coefficient (Wildman–Crippen LogP) is 1.91. The van der Waals surface area contributed by atoms with E-state index in [0.29, 0.717) is 6.54 Å². The van der Waals surface area contributed by atoms with Crippen LogP contribution in [-0.4, -0.2) is 25.2 Å². The number of rotatable bonds is 4. The first-order chi connectivity index (χ1) is 9.34. The summed E-state index contributed by atoms with van der Waals surface area (Å²) in [7, 11) is 0. The van der Waals surface area contributed by atoms with Crippen LogP contribution < -0.4 is 5.32 Å². The Balaban J connectivity index is 1.84. The van der Waals surface area contributed by atoms with Crippen LogP contribution in [0.15, 0.2) is 42.9 Å². The van der Waals surface area contributed by atoms with Crippen LogP contribution >= 0.6 is 0 Å². The standard InChI is InChI=1S/C13H14N6/c1-10-11(9-16-17-10)8-14-12-4-2-3-5-13(12)19-7-6-15-18-19/h2-7,9,14H,8H2,1H3,(H,16,17). The average Bonchev–Trinajstić information content (AvgIpc) is 3.08. The van der Waals surface area contributed by atoms with E-state index in [0.717, 1.165) is 22.6 Å². The van der Waals surface area contributed by atoms with Crippen molar-refractivity contribution >= 4 is 5.69 Å². The largest absolute Gasteiger partial charge is 0.379 e. The zero-order valence-electron chi connectivity index (χ0n) is 10.5. The van der Waals surface area contributed by atoms with Gasteiger partial charge in [0.05, 0.1) is 30.0 Å². The lowest BCUT2D eigenvalue weighted by Crippen LogP contribution is -2.05. The highest BCUT2D eigenvalue weighted by atomic mass is 15.4. The number of hydrogen-bond acceptors (Lipinski definition) is 4.